The number of carbonyl (C=O) groups is 1. The fourth-order valence-electron chi connectivity index (χ4n) is 1.90. The minimum absolute atomic E-state index is 0.319. The van der Waals surface area contributed by atoms with E-state index in [0.29, 0.717) is 6.42 Å². The quantitative estimate of drug-likeness (QED) is 0.348. The van der Waals surface area contributed by atoms with Crippen LogP contribution in [0.15, 0.2) is 36.5 Å². The minimum Gasteiger partial charge on any atom is -0.481 e. The molecule has 0 aromatic heterocycles. The summed E-state index contributed by atoms with van der Waals surface area (Å²) in [5, 5.41) is 8.50. The Hall–Kier alpha value is -1.31. The Morgan fingerprint density at radius 1 is 0.800 bits per heavy atom. The first-order valence-corrected chi connectivity index (χ1v) is 7.94. The molecule has 0 aliphatic carbocycles. The van der Waals surface area contributed by atoms with Crippen molar-refractivity contribution in [2.45, 2.75) is 71.1 Å². The van der Waals surface area contributed by atoms with Gasteiger partial charge in [0.2, 0.25) is 0 Å². The van der Waals surface area contributed by atoms with Gasteiger partial charge in [0.25, 0.3) is 0 Å². The Kier molecular flexibility index (Phi) is 14.7. The van der Waals surface area contributed by atoms with Crippen molar-refractivity contribution in [1.82, 2.24) is 0 Å². The highest BCUT2D eigenvalue weighted by molar-refractivity contribution is 5.66. The highest BCUT2D eigenvalue weighted by Gasteiger charge is 1.95. The van der Waals surface area contributed by atoms with Crippen LogP contribution in [0.3, 0.4) is 0 Å². The highest BCUT2D eigenvalue weighted by Crippen LogP contribution is 2.07. The van der Waals surface area contributed by atoms with Crippen molar-refractivity contribution >= 4 is 5.97 Å². The number of carboxylic acids is 1. The van der Waals surface area contributed by atoms with Crippen LogP contribution in [0.4, 0.5) is 0 Å². The van der Waals surface area contributed by atoms with Crippen LogP contribution in [0.2, 0.25) is 0 Å². The molecule has 0 atom stereocenters. The maximum Gasteiger partial charge on any atom is 0.303 e. The summed E-state index contributed by atoms with van der Waals surface area (Å²) in [6, 6.07) is 0. The maximum atomic E-state index is 10.3. The van der Waals surface area contributed by atoms with Gasteiger partial charge in [-0.25, -0.2) is 0 Å². The molecule has 1 N–H and O–H groups in total. The molecular weight excluding hydrogens is 248 g/mol. The van der Waals surface area contributed by atoms with E-state index in [0.717, 1.165) is 44.9 Å². The molecule has 114 valence electrons. The molecule has 0 rings (SSSR count). The lowest BCUT2D eigenvalue weighted by atomic mass is 10.1. The largest absolute Gasteiger partial charge is 0.481 e. The molecule has 0 aliphatic rings. The van der Waals surface area contributed by atoms with E-state index >= 15 is 0 Å². The molecule has 0 saturated heterocycles. The van der Waals surface area contributed by atoms with Crippen LogP contribution >= 0.6 is 0 Å². The van der Waals surface area contributed by atoms with Crippen LogP contribution in [-0.2, 0) is 4.79 Å². The Balaban J connectivity index is 3.23. The predicted octanol–water partition coefficient (Wildman–Crippen LogP) is 5.66. The predicted molar refractivity (Wildman–Crippen MR) is 86.9 cm³/mol. The SMILES string of the molecule is CCC=CC/C=C\C/C=C\CCCCCCCC(=O)O. The topological polar surface area (TPSA) is 37.3 Å². The Labute approximate surface area is 124 Å². The number of aliphatic carboxylic acids is 1. The highest BCUT2D eigenvalue weighted by atomic mass is 16.4. The summed E-state index contributed by atoms with van der Waals surface area (Å²) in [6.45, 7) is 2.15. The van der Waals surface area contributed by atoms with Crippen molar-refractivity contribution < 1.29 is 9.90 Å². The second-order valence-electron chi connectivity index (χ2n) is 4.99. The van der Waals surface area contributed by atoms with Gasteiger partial charge in [0.1, 0.15) is 0 Å². The van der Waals surface area contributed by atoms with E-state index in [1.54, 1.807) is 0 Å². The molecule has 0 aliphatic heterocycles. The second-order valence-corrected chi connectivity index (χ2v) is 4.99. The lowest BCUT2D eigenvalue weighted by Crippen LogP contribution is -1.93. The summed E-state index contributed by atoms with van der Waals surface area (Å²) in [7, 11) is 0. The monoisotopic (exact) mass is 278 g/mol. The summed E-state index contributed by atoms with van der Waals surface area (Å²) in [6.07, 6.45) is 23.4. The molecule has 0 fully saturated rings. The molecular formula is C18H30O2. The van der Waals surface area contributed by atoms with Gasteiger partial charge in [0, 0.05) is 6.42 Å². The zero-order valence-electron chi connectivity index (χ0n) is 12.9. The normalized spacial score (nSPS) is 12.1. The van der Waals surface area contributed by atoms with Gasteiger partial charge in [-0.1, -0.05) is 62.6 Å². The molecule has 0 aromatic rings. The molecule has 0 aromatic carbocycles. The van der Waals surface area contributed by atoms with Crippen LogP contribution in [0.25, 0.3) is 0 Å². The van der Waals surface area contributed by atoms with Crippen LogP contribution < -0.4 is 0 Å². The lowest BCUT2D eigenvalue weighted by molar-refractivity contribution is -0.137. The molecule has 0 bridgehead atoms. The zero-order chi connectivity index (χ0) is 14.9. The minimum atomic E-state index is -0.675. The first-order valence-electron chi connectivity index (χ1n) is 7.94. The van der Waals surface area contributed by atoms with E-state index in [-0.39, 0.29) is 0 Å². The van der Waals surface area contributed by atoms with Crippen LogP contribution in [0, 0.1) is 0 Å². The third kappa shape index (κ3) is 16.7. The average Bonchev–Trinajstić information content (AvgIpc) is 2.43. The first-order chi connectivity index (χ1) is 9.77. The Morgan fingerprint density at radius 2 is 1.35 bits per heavy atom. The van der Waals surface area contributed by atoms with Gasteiger partial charge >= 0.3 is 5.97 Å². The molecule has 0 saturated carbocycles. The molecule has 0 heterocycles. The second kappa shape index (κ2) is 15.7. The molecule has 0 radical (unpaired) electrons. The van der Waals surface area contributed by atoms with E-state index in [1.165, 1.54) is 12.8 Å². The first kappa shape index (κ1) is 18.7. The van der Waals surface area contributed by atoms with Crippen LogP contribution in [-0.4, -0.2) is 11.1 Å². The van der Waals surface area contributed by atoms with Crippen LogP contribution in [0.5, 0.6) is 0 Å². The number of hydrogen-bond donors (Lipinski definition) is 1. The number of carboxylic acid groups (broad SMARTS) is 1. The van der Waals surface area contributed by atoms with Crippen LogP contribution in [0.1, 0.15) is 71.1 Å². The standard InChI is InChI=1S/C18H30O2/c1-2-3-4-5-6-7-8-9-10-11-12-13-14-15-16-17-18(19)20/h3-4,6-7,9-10H,2,5,8,11-17H2,1H3,(H,19,20)/b4-3?,7-6-,10-9-. The third-order valence-corrected chi connectivity index (χ3v) is 3.04. The summed E-state index contributed by atoms with van der Waals surface area (Å²) >= 11 is 0. The number of allylic oxidation sites excluding steroid dienone is 6. The molecule has 0 unspecified atom stereocenters. The van der Waals surface area contributed by atoms with E-state index in [2.05, 4.69) is 43.4 Å². The summed E-state index contributed by atoms with van der Waals surface area (Å²) in [5.74, 6) is -0.675. The van der Waals surface area contributed by atoms with Gasteiger partial charge in [-0.15, -0.1) is 0 Å². The summed E-state index contributed by atoms with van der Waals surface area (Å²) < 4.78 is 0. The average molecular weight is 278 g/mol. The number of unbranched alkanes of at least 4 members (excludes halogenated alkanes) is 5. The van der Waals surface area contributed by atoms with Crippen molar-refractivity contribution in [2.24, 2.45) is 0 Å². The fourth-order valence-corrected chi connectivity index (χ4v) is 1.90. The molecule has 2 heteroatoms. The Morgan fingerprint density at radius 3 is 2.00 bits per heavy atom. The van der Waals surface area contributed by atoms with Gasteiger partial charge < -0.3 is 5.11 Å². The van der Waals surface area contributed by atoms with Crippen molar-refractivity contribution in [1.29, 1.82) is 0 Å². The van der Waals surface area contributed by atoms with Gasteiger partial charge in [-0.05, 0) is 38.5 Å². The molecule has 20 heavy (non-hydrogen) atoms. The van der Waals surface area contributed by atoms with E-state index < -0.39 is 5.97 Å². The molecule has 2 nitrogen and oxygen atoms in total. The van der Waals surface area contributed by atoms with Crippen molar-refractivity contribution in [2.75, 3.05) is 0 Å². The van der Waals surface area contributed by atoms with Crippen molar-refractivity contribution in [3.63, 3.8) is 0 Å². The lowest BCUT2D eigenvalue weighted by Gasteiger charge is -1.98. The van der Waals surface area contributed by atoms with Crippen molar-refractivity contribution in [3.8, 4) is 0 Å². The molecule has 0 amide bonds. The summed E-state index contributed by atoms with van der Waals surface area (Å²) in [4.78, 5) is 10.3. The van der Waals surface area contributed by atoms with Gasteiger partial charge in [0.15, 0.2) is 0 Å². The van der Waals surface area contributed by atoms with Gasteiger partial charge in [-0.3, -0.25) is 4.79 Å². The Bertz CT molecular complexity index is 301. The van der Waals surface area contributed by atoms with Gasteiger partial charge in [0.05, 0.1) is 0 Å². The van der Waals surface area contributed by atoms with E-state index in [9.17, 15) is 4.79 Å². The van der Waals surface area contributed by atoms with E-state index in [4.69, 9.17) is 5.11 Å². The summed E-state index contributed by atoms with van der Waals surface area (Å²) in [5.41, 5.74) is 0. The maximum absolute atomic E-state index is 10.3. The van der Waals surface area contributed by atoms with E-state index in [1.807, 2.05) is 0 Å². The number of rotatable bonds is 13. The fraction of sp³-hybridized carbons (Fsp3) is 0.611. The smallest absolute Gasteiger partial charge is 0.303 e. The zero-order valence-corrected chi connectivity index (χ0v) is 12.9. The molecule has 0 spiro atoms. The number of hydrogen-bond acceptors (Lipinski definition) is 1. The van der Waals surface area contributed by atoms with Gasteiger partial charge in [-0.2, -0.15) is 0 Å². The third-order valence-electron chi connectivity index (χ3n) is 3.04. The van der Waals surface area contributed by atoms with Crippen molar-refractivity contribution in [3.05, 3.63) is 36.5 Å².